The van der Waals surface area contributed by atoms with Crippen LogP contribution in [0.2, 0.25) is 0 Å². The molecule has 4 aromatic rings. The van der Waals surface area contributed by atoms with E-state index in [1.165, 1.54) is 12.3 Å². The Kier molecular flexibility index (Phi) is 6.07. The summed E-state index contributed by atoms with van der Waals surface area (Å²) in [4.78, 5) is 46.7. The summed E-state index contributed by atoms with van der Waals surface area (Å²) in [5, 5.41) is 5.62. The van der Waals surface area contributed by atoms with E-state index in [-0.39, 0.29) is 24.7 Å². The predicted octanol–water partition coefficient (Wildman–Crippen LogP) is 3.42. The fourth-order valence-electron chi connectivity index (χ4n) is 4.64. The molecular weight excluding hydrogens is 446 g/mol. The van der Waals surface area contributed by atoms with Gasteiger partial charge in [-0.15, -0.1) is 0 Å². The Balaban J connectivity index is 1.19. The fourth-order valence-corrected chi connectivity index (χ4v) is 4.64. The lowest BCUT2D eigenvalue weighted by atomic mass is 10.1. The summed E-state index contributed by atoms with van der Waals surface area (Å²) in [5.74, 6) is -0.930. The number of hydrogen-bond donors (Lipinski definition) is 1. The smallest absolute Gasteiger partial charge is 0.306 e. The zero-order valence-electron chi connectivity index (χ0n) is 19.8. The van der Waals surface area contributed by atoms with Crippen LogP contribution < -0.4 is 0 Å². The van der Waals surface area contributed by atoms with Crippen LogP contribution in [0.5, 0.6) is 0 Å². The minimum Gasteiger partial charge on any atom is -0.457 e. The van der Waals surface area contributed by atoms with Gasteiger partial charge in [-0.1, -0.05) is 12.1 Å². The Morgan fingerprint density at radius 3 is 2.69 bits per heavy atom. The lowest BCUT2D eigenvalue weighted by Crippen LogP contribution is -2.27. The zero-order valence-corrected chi connectivity index (χ0v) is 19.8. The molecule has 180 valence electrons. The number of rotatable bonds is 7. The number of aromatic amines is 1. The second-order valence-electron chi connectivity index (χ2n) is 8.90. The minimum absolute atomic E-state index is 0.111. The van der Waals surface area contributed by atoms with Crippen molar-refractivity contribution in [1.82, 2.24) is 24.5 Å². The molecule has 0 bridgehead atoms. The number of hydrogen-bond acceptors (Lipinski definition) is 6. The minimum atomic E-state index is -0.466. The van der Waals surface area contributed by atoms with Gasteiger partial charge in [0.2, 0.25) is 5.78 Å². The molecule has 0 unspecified atom stereocenters. The first-order valence-electron chi connectivity index (χ1n) is 11.8. The summed E-state index contributed by atoms with van der Waals surface area (Å²) >= 11 is 0. The molecule has 3 aromatic heterocycles. The molecule has 1 saturated heterocycles. The summed E-state index contributed by atoms with van der Waals surface area (Å²) < 4.78 is 7.04. The first-order chi connectivity index (χ1) is 16.9. The zero-order chi connectivity index (χ0) is 24.5. The molecule has 1 aliphatic heterocycles. The van der Waals surface area contributed by atoms with Gasteiger partial charge in [-0.25, -0.2) is 9.50 Å². The number of H-pyrrole nitrogens is 1. The van der Waals surface area contributed by atoms with Gasteiger partial charge in [-0.3, -0.25) is 14.4 Å². The van der Waals surface area contributed by atoms with E-state index in [1.54, 1.807) is 4.90 Å². The van der Waals surface area contributed by atoms with E-state index in [2.05, 4.69) is 10.1 Å². The van der Waals surface area contributed by atoms with Crippen LogP contribution in [-0.4, -0.2) is 61.8 Å². The molecule has 0 radical (unpaired) electrons. The first kappa shape index (κ1) is 22.8. The molecule has 1 N–H and O–H groups in total. The largest absolute Gasteiger partial charge is 0.457 e. The van der Waals surface area contributed by atoms with Crippen molar-refractivity contribution in [2.75, 3.05) is 19.7 Å². The van der Waals surface area contributed by atoms with Crippen molar-refractivity contribution in [2.45, 2.75) is 39.5 Å². The number of Topliss-reactive ketones (excluding diaryl/α,β-unsaturated/α-hetero) is 1. The highest BCUT2D eigenvalue weighted by atomic mass is 16.5. The van der Waals surface area contributed by atoms with Crippen LogP contribution >= 0.6 is 0 Å². The fraction of sp³-hybridized carbons (Fsp3) is 0.346. The Morgan fingerprint density at radius 2 is 1.89 bits per heavy atom. The molecule has 0 aliphatic carbocycles. The number of carbonyl (C=O) groups is 3. The number of carbonyl (C=O) groups excluding carboxylic acids is 3. The van der Waals surface area contributed by atoms with Gasteiger partial charge in [-0.2, -0.15) is 5.10 Å². The summed E-state index contributed by atoms with van der Waals surface area (Å²) in [6.07, 6.45) is 4.03. The van der Waals surface area contributed by atoms with Crippen LogP contribution in [0.4, 0.5) is 0 Å². The third-order valence-electron chi connectivity index (χ3n) is 6.59. The third-order valence-corrected chi connectivity index (χ3v) is 6.59. The highest BCUT2D eigenvalue weighted by Crippen LogP contribution is 2.23. The van der Waals surface area contributed by atoms with Gasteiger partial charge in [0, 0.05) is 48.0 Å². The molecule has 0 saturated carbocycles. The second-order valence-corrected chi connectivity index (χ2v) is 8.90. The summed E-state index contributed by atoms with van der Waals surface area (Å²) in [6.45, 7) is 4.98. The van der Waals surface area contributed by atoms with Crippen molar-refractivity contribution in [2.24, 2.45) is 0 Å². The molecule has 4 heterocycles. The number of aryl methyl sites for hydroxylation is 2. The normalized spacial score (nSPS) is 13.6. The van der Waals surface area contributed by atoms with E-state index in [1.807, 2.05) is 42.6 Å². The molecule has 1 aromatic carbocycles. The number of fused-ring (bicyclic) bond motifs is 3. The Labute approximate surface area is 202 Å². The number of aromatic nitrogens is 4. The lowest BCUT2D eigenvalue weighted by molar-refractivity contribution is -0.142. The van der Waals surface area contributed by atoms with Crippen molar-refractivity contribution in [1.29, 1.82) is 0 Å². The average Bonchev–Trinajstić information content (AvgIpc) is 3.62. The van der Waals surface area contributed by atoms with E-state index < -0.39 is 5.97 Å². The number of esters is 1. The topological polar surface area (TPSA) is 110 Å². The molecule has 1 aliphatic rings. The van der Waals surface area contributed by atoms with Gasteiger partial charge in [-0.05, 0) is 56.9 Å². The van der Waals surface area contributed by atoms with Crippen LogP contribution in [0, 0.1) is 13.8 Å². The number of likely N-dealkylation sites (tertiary alicyclic amines) is 1. The first-order valence-corrected chi connectivity index (χ1v) is 11.8. The second kappa shape index (κ2) is 9.32. The van der Waals surface area contributed by atoms with Gasteiger partial charge in [0.1, 0.15) is 5.69 Å². The number of nitrogens with one attached hydrogen (secondary N) is 1. The van der Waals surface area contributed by atoms with Crippen molar-refractivity contribution in [3.8, 4) is 0 Å². The standard InChI is InChI=1S/C26H27N5O4/c1-16-19(17(2)31-25(28-16)20-7-3-4-8-21(20)29-31)9-10-24(33)35-15-23(32)18-13-22(27-14-18)26(34)30-11-5-6-12-30/h3-4,7-8,13-14,27H,5-6,9-12,15H2,1-2H3. The highest BCUT2D eigenvalue weighted by Gasteiger charge is 2.22. The monoisotopic (exact) mass is 473 g/mol. The molecular formula is C26H27N5O4. The van der Waals surface area contributed by atoms with Crippen LogP contribution in [-0.2, 0) is 16.0 Å². The number of benzene rings is 1. The molecule has 1 amide bonds. The van der Waals surface area contributed by atoms with Gasteiger partial charge < -0.3 is 14.6 Å². The maximum atomic E-state index is 12.5. The highest BCUT2D eigenvalue weighted by molar-refractivity contribution is 6.01. The van der Waals surface area contributed by atoms with Gasteiger partial charge in [0.05, 0.1) is 5.52 Å². The summed E-state index contributed by atoms with van der Waals surface area (Å²) in [5.41, 5.74) is 5.06. The van der Waals surface area contributed by atoms with Gasteiger partial charge >= 0.3 is 5.97 Å². The van der Waals surface area contributed by atoms with E-state index >= 15 is 0 Å². The van der Waals surface area contributed by atoms with Crippen LogP contribution in [0.3, 0.4) is 0 Å². The quantitative estimate of drug-likeness (QED) is 0.325. The average molecular weight is 474 g/mol. The molecule has 9 nitrogen and oxygen atoms in total. The summed E-state index contributed by atoms with van der Waals surface area (Å²) in [6, 6.07) is 9.37. The number of nitrogens with zero attached hydrogens (tertiary/aromatic N) is 4. The molecule has 0 atom stereocenters. The molecule has 35 heavy (non-hydrogen) atoms. The van der Waals surface area contributed by atoms with E-state index in [4.69, 9.17) is 9.72 Å². The van der Waals surface area contributed by atoms with Crippen molar-refractivity contribution in [3.63, 3.8) is 0 Å². The molecule has 0 spiro atoms. The van der Waals surface area contributed by atoms with E-state index in [0.717, 1.165) is 59.4 Å². The van der Waals surface area contributed by atoms with E-state index in [0.29, 0.717) is 17.7 Å². The van der Waals surface area contributed by atoms with Crippen LogP contribution in [0.1, 0.15) is 57.1 Å². The Morgan fingerprint density at radius 1 is 1.11 bits per heavy atom. The van der Waals surface area contributed by atoms with Crippen molar-refractivity contribution >= 4 is 34.2 Å². The molecule has 9 heteroatoms. The number of ether oxygens (including phenoxy) is 1. The maximum Gasteiger partial charge on any atom is 0.306 e. The van der Waals surface area contributed by atoms with Gasteiger partial charge in [0.25, 0.3) is 5.91 Å². The predicted molar refractivity (Wildman–Crippen MR) is 130 cm³/mol. The molecule has 5 rings (SSSR count). The Bertz CT molecular complexity index is 1450. The summed E-state index contributed by atoms with van der Waals surface area (Å²) in [7, 11) is 0. The SMILES string of the molecule is Cc1nc2c3ccccc3nn2c(C)c1CCC(=O)OCC(=O)c1c[nH]c(C(=O)N2CCCC2)c1. The molecule has 1 fully saturated rings. The van der Waals surface area contributed by atoms with Crippen molar-refractivity contribution < 1.29 is 19.1 Å². The van der Waals surface area contributed by atoms with Crippen molar-refractivity contribution in [3.05, 3.63) is 64.7 Å². The lowest BCUT2D eigenvalue weighted by Gasteiger charge is -2.13. The van der Waals surface area contributed by atoms with Gasteiger partial charge in [0.15, 0.2) is 12.3 Å². The Hall–Kier alpha value is -4.01. The van der Waals surface area contributed by atoms with E-state index in [9.17, 15) is 14.4 Å². The maximum absolute atomic E-state index is 12.5. The van der Waals surface area contributed by atoms with Crippen LogP contribution in [0.15, 0.2) is 36.5 Å². The van der Waals surface area contributed by atoms with Crippen LogP contribution in [0.25, 0.3) is 16.6 Å². The number of amides is 1. The number of ketones is 1. The third kappa shape index (κ3) is 4.41.